The SMILES string of the molecule is Cc1nc(SCc2ccc(C(=O)OC(C)(C)C)cc2)ncc1C(=O)O. The first-order valence-electron chi connectivity index (χ1n) is 7.68. The third kappa shape index (κ3) is 5.56. The predicted octanol–water partition coefficient (Wildman–Crippen LogP) is 3.73. The number of nitrogens with zero attached hydrogens (tertiary/aromatic N) is 2. The Labute approximate surface area is 150 Å². The van der Waals surface area contributed by atoms with Gasteiger partial charge in [0, 0.05) is 11.9 Å². The van der Waals surface area contributed by atoms with E-state index in [9.17, 15) is 9.59 Å². The molecular formula is C18H20N2O4S. The second kappa shape index (κ2) is 7.65. The van der Waals surface area contributed by atoms with Gasteiger partial charge in [-0.3, -0.25) is 0 Å². The lowest BCUT2D eigenvalue weighted by atomic mass is 10.1. The van der Waals surface area contributed by atoms with Crippen LogP contribution in [-0.2, 0) is 10.5 Å². The molecule has 0 fully saturated rings. The Balaban J connectivity index is 1.99. The number of ether oxygens (including phenoxy) is 1. The Morgan fingerprint density at radius 2 is 1.84 bits per heavy atom. The van der Waals surface area contributed by atoms with Crippen molar-refractivity contribution in [2.45, 2.75) is 44.2 Å². The Kier molecular flexibility index (Phi) is 5.79. The van der Waals surface area contributed by atoms with Crippen molar-refractivity contribution in [3.63, 3.8) is 0 Å². The van der Waals surface area contributed by atoms with Gasteiger partial charge < -0.3 is 9.84 Å². The summed E-state index contributed by atoms with van der Waals surface area (Å²) in [7, 11) is 0. The van der Waals surface area contributed by atoms with Gasteiger partial charge >= 0.3 is 11.9 Å². The van der Waals surface area contributed by atoms with Crippen molar-refractivity contribution in [3.05, 3.63) is 52.8 Å². The first-order chi connectivity index (χ1) is 11.7. The smallest absolute Gasteiger partial charge is 0.339 e. The minimum atomic E-state index is -1.04. The first kappa shape index (κ1) is 18.9. The third-order valence-corrected chi connectivity index (χ3v) is 4.08. The van der Waals surface area contributed by atoms with Gasteiger partial charge in [-0.1, -0.05) is 23.9 Å². The highest BCUT2D eigenvalue weighted by Gasteiger charge is 2.17. The number of carboxylic acids is 1. The largest absolute Gasteiger partial charge is 0.478 e. The van der Waals surface area contributed by atoms with Crippen molar-refractivity contribution in [1.82, 2.24) is 9.97 Å². The summed E-state index contributed by atoms with van der Waals surface area (Å²) in [5, 5.41) is 9.49. The molecule has 0 radical (unpaired) electrons. The van der Waals surface area contributed by atoms with E-state index in [1.54, 1.807) is 19.1 Å². The summed E-state index contributed by atoms with van der Waals surface area (Å²) >= 11 is 1.40. The number of carbonyl (C=O) groups is 2. The van der Waals surface area contributed by atoms with Gasteiger partial charge in [-0.2, -0.15) is 0 Å². The summed E-state index contributed by atoms with van der Waals surface area (Å²) in [6, 6.07) is 7.16. The lowest BCUT2D eigenvalue weighted by molar-refractivity contribution is 0.00693. The molecule has 7 heteroatoms. The highest BCUT2D eigenvalue weighted by molar-refractivity contribution is 7.98. The van der Waals surface area contributed by atoms with Crippen LogP contribution in [0.1, 0.15) is 52.7 Å². The van der Waals surface area contributed by atoms with Crippen LogP contribution in [0.25, 0.3) is 0 Å². The van der Waals surface area contributed by atoms with Crippen LogP contribution in [0.5, 0.6) is 0 Å². The maximum Gasteiger partial charge on any atom is 0.339 e. The standard InChI is InChI=1S/C18H20N2O4S/c1-11-14(15(21)22)9-19-17(20-11)25-10-12-5-7-13(8-6-12)16(23)24-18(2,3)4/h5-9H,10H2,1-4H3,(H,21,22). The minimum absolute atomic E-state index is 0.103. The van der Waals surface area contributed by atoms with E-state index in [1.807, 2.05) is 32.9 Å². The molecule has 6 nitrogen and oxygen atoms in total. The van der Waals surface area contributed by atoms with Gasteiger partial charge in [0.15, 0.2) is 5.16 Å². The molecule has 0 saturated heterocycles. The predicted molar refractivity (Wildman–Crippen MR) is 94.9 cm³/mol. The fourth-order valence-electron chi connectivity index (χ4n) is 1.95. The normalized spacial score (nSPS) is 11.2. The van der Waals surface area contributed by atoms with Gasteiger partial charge in [-0.25, -0.2) is 19.6 Å². The van der Waals surface area contributed by atoms with Gasteiger partial charge in [0.05, 0.1) is 16.8 Å². The lowest BCUT2D eigenvalue weighted by Crippen LogP contribution is -2.23. The zero-order chi connectivity index (χ0) is 18.6. The second-order valence-corrected chi connectivity index (χ2v) is 7.39. The molecule has 0 atom stereocenters. The molecule has 0 aliphatic carbocycles. The number of aromatic carboxylic acids is 1. The van der Waals surface area contributed by atoms with Crippen molar-refractivity contribution < 1.29 is 19.4 Å². The maximum atomic E-state index is 12.0. The number of aryl methyl sites for hydroxylation is 1. The van der Waals surface area contributed by atoms with Gasteiger partial charge in [0.2, 0.25) is 0 Å². The van der Waals surface area contributed by atoms with Crippen LogP contribution in [0.2, 0.25) is 0 Å². The fourth-order valence-corrected chi connectivity index (χ4v) is 2.76. The van der Waals surface area contributed by atoms with Gasteiger partial charge in [0.1, 0.15) is 5.60 Å². The molecule has 1 aromatic carbocycles. The summed E-state index contributed by atoms with van der Waals surface area (Å²) in [5.41, 5.74) is 1.52. The lowest BCUT2D eigenvalue weighted by Gasteiger charge is -2.19. The summed E-state index contributed by atoms with van der Waals surface area (Å²) in [6.45, 7) is 7.12. The monoisotopic (exact) mass is 360 g/mol. The third-order valence-electron chi connectivity index (χ3n) is 3.14. The number of rotatable bonds is 5. The van der Waals surface area contributed by atoms with E-state index < -0.39 is 11.6 Å². The van der Waals surface area contributed by atoms with Crippen molar-refractivity contribution in [1.29, 1.82) is 0 Å². The molecule has 2 aromatic rings. The summed E-state index contributed by atoms with van der Waals surface area (Å²) in [4.78, 5) is 31.2. The maximum absolute atomic E-state index is 12.0. The molecule has 0 amide bonds. The fraction of sp³-hybridized carbons (Fsp3) is 0.333. The van der Waals surface area contributed by atoms with Crippen LogP contribution >= 0.6 is 11.8 Å². The molecule has 0 bridgehead atoms. The Hall–Kier alpha value is -2.41. The van der Waals surface area contributed by atoms with E-state index in [0.717, 1.165) is 5.56 Å². The number of hydrogen-bond donors (Lipinski definition) is 1. The van der Waals surface area contributed by atoms with E-state index >= 15 is 0 Å². The number of carboxylic acid groups (broad SMARTS) is 1. The van der Waals surface area contributed by atoms with Gasteiger partial charge in [0.25, 0.3) is 0 Å². The Morgan fingerprint density at radius 1 is 1.20 bits per heavy atom. The van der Waals surface area contributed by atoms with Crippen LogP contribution in [0, 0.1) is 6.92 Å². The number of thioether (sulfide) groups is 1. The van der Waals surface area contributed by atoms with E-state index in [-0.39, 0.29) is 11.5 Å². The molecule has 1 aromatic heterocycles. The molecule has 2 rings (SSSR count). The van der Waals surface area contributed by atoms with Crippen LogP contribution < -0.4 is 0 Å². The van der Waals surface area contributed by atoms with Crippen molar-refractivity contribution in [2.24, 2.45) is 0 Å². The highest BCUT2D eigenvalue weighted by atomic mass is 32.2. The number of aromatic nitrogens is 2. The summed E-state index contributed by atoms with van der Waals surface area (Å²) in [5.74, 6) is -0.776. The molecule has 1 N–H and O–H groups in total. The van der Waals surface area contributed by atoms with E-state index in [2.05, 4.69) is 9.97 Å². The molecular weight excluding hydrogens is 340 g/mol. The summed E-state index contributed by atoms with van der Waals surface area (Å²) in [6.07, 6.45) is 1.32. The molecule has 132 valence electrons. The van der Waals surface area contributed by atoms with Crippen molar-refractivity contribution in [2.75, 3.05) is 0 Å². The first-order valence-corrected chi connectivity index (χ1v) is 8.66. The molecule has 0 saturated carbocycles. The highest BCUT2D eigenvalue weighted by Crippen LogP contribution is 2.21. The average Bonchev–Trinajstić information content (AvgIpc) is 2.51. The molecule has 0 aliphatic rings. The number of esters is 1. The molecule has 0 spiro atoms. The molecule has 1 heterocycles. The molecule has 0 unspecified atom stereocenters. The van der Waals surface area contributed by atoms with E-state index in [4.69, 9.17) is 9.84 Å². The van der Waals surface area contributed by atoms with Gasteiger partial charge in [-0.15, -0.1) is 0 Å². The number of benzene rings is 1. The Morgan fingerprint density at radius 3 is 2.36 bits per heavy atom. The zero-order valence-corrected chi connectivity index (χ0v) is 15.4. The van der Waals surface area contributed by atoms with Crippen LogP contribution in [-0.4, -0.2) is 32.6 Å². The van der Waals surface area contributed by atoms with Crippen LogP contribution in [0.3, 0.4) is 0 Å². The second-order valence-electron chi connectivity index (χ2n) is 6.44. The summed E-state index contributed by atoms with van der Waals surface area (Å²) < 4.78 is 5.32. The van der Waals surface area contributed by atoms with E-state index in [1.165, 1.54) is 18.0 Å². The molecule has 25 heavy (non-hydrogen) atoms. The van der Waals surface area contributed by atoms with Crippen molar-refractivity contribution in [3.8, 4) is 0 Å². The van der Waals surface area contributed by atoms with Gasteiger partial charge in [-0.05, 0) is 45.4 Å². The number of carbonyl (C=O) groups excluding carboxylic acids is 1. The van der Waals surface area contributed by atoms with Crippen molar-refractivity contribution >= 4 is 23.7 Å². The topological polar surface area (TPSA) is 89.4 Å². The van der Waals surface area contributed by atoms with Crippen LogP contribution in [0.4, 0.5) is 0 Å². The molecule has 0 aliphatic heterocycles. The zero-order valence-electron chi connectivity index (χ0n) is 14.6. The average molecular weight is 360 g/mol. The minimum Gasteiger partial charge on any atom is -0.478 e. The Bertz CT molecular complexity index is 783. The van der Waals surface area contributed by atoms with E-state index in [0.29, 0.717) is 22.2 Å². The number of hydrogen-bond acceptors (Lipinski definition) is 6. The van der Waals surface area contributed by atoms with Crippen LogP contribution in [0.15, 0.2) is 35.6 Å². The quantitative estimate of drug-likeness (QED) is 0.493.